The summed E-state index contributed by atoms with van der Waals surface area (Å²) in [7, 11) is 0. The summed E-state index contributed by atoms with van der Waals surface area (Å²) < 4.78 is 19.4. The van der Waals surface area contributed by atoms with Crippen LogP contribution in [0.15, 0.2) is 23.4 Å². The van der Waals surface area contributed by atoms with Crippen LogP contribution in [0.2, 0.25) is 0 Å². The van der Waals surface area contributed by atoms with Gasteiger partial charge in [0.15, 0.2) is 5.84 Å². The van der Waals surface area contributed by atoms with Crippen molar-refractivity contribution in [1.82, 2.24) is 0 Å². The predicted octanol–water partition coefficient (Wildman–Crippen LogP) is 0.506. The summed E-state index contributed by atoms with van der Waals surface area (Å²) in [6.45, 7) is 2.64. The number of hydrogen-bond donors (Lipinski definition) is 3. The number of nitrogens with zero attached hydrogens (tertiary/aromatic N) is 2. The molecule has 0 aromatic heterocycles. The number of amidine groups is 1. The summed E-state index contributed by atoms with van der Waals surface area (Å²) in [5.41, 5.74) is 6.15. The van der Waals surface area contributed by atoms with Gasteiger partial charge in [-0.25, -0.2) is 4.39 Å². The quantitative estimate of drug-likeness (QED) is 0.325. The first-order valence-electron chi connectivity index (χ1n) is 6.34. The Morgan fingerprint density at radius 2 is 2.35 bits per heavy atom. The second-order valence-electron chi connectivity index (χ2n) is 4.76. The largest absolute Gasteiger partial charge is 0.409 e. The number of oxime groups is 1. The maximum atomic E-state index is 14.0. The van der Waals surface area contributed by atoms with Crippen LogP contribution in [-0.4, -0.2) is 48.1 Å². The monoisotopic (exact) mass is 283 g/mol. The number of morpholine rings is 1. The zero-order chi connectivity index (χ0) is 14.7. The number of aliphatic hydroxyl groups excluding tert-OH is 1. The van der Waals surface area contributed by atoms with Crippen molar-refractivity contribution in [3.63, 3.8) is 0 Å². The number of halogens is 1. The number of benzene rings is 1. The Bertz CT molecular complexity index is 510. The van der Waals surface area contributed by atoms with Crippen molar-refractivity contribution >= 4 is 11.5 Å². The molecule has 2 atom stereocenters. The van der Waals surface area contributed by atoms with Crippen LogP contribution in [-0.2, 0) is 4.74 Å². The topological polar surface area (TPSA) is 91.3 Å². The van der Waals surface area contributed by atoms with Gasteiger partial charge in [0.25, 0.3) is 0 Å². The Balaban J connectivity index is 2.43. The fraction of sp³-hybridized carbons (Fsp3) is 0.462. The molecule has 7 heteroatoms. The standard InChI is InChI=1S/C13H18FN3O3/c1-8-7-20-9(6-18)5-17(8)11-4-2-3-10(14)12(11)13(15)16-19/h2-4,8-9,18-19H,5-7H2,1H3,(H2,15,16). The minimum atomic E-state index is -0.558. The minimum Gasteiger partial charge on any atom is -0.409 e. The van der Waals surface area contributed by atoms with E-state index in [9.17, 15) is 9.50 Å². The van der Waals surface area contributed by atoms with E-state index in [1.165, 1.54) is 6.07 Å². The van der Waals surface area contributed by atoms with E-state index < -0.39 is 5.82 Å². The van der Waals surface area contributed by atoms with Gasteiger partial charge in [-0.1, -0.05) is 11.2 Å². The van der Waals surface area contributed by atoms with Gasteiger partial charge < -0.3 is 25.7 Å². The van der Waals surface area contributed by atoms with E-state index in [2.05, 4.69) is 5.16 Å². The molecule has 0 saturated carbocycles. The van der Waals surface area contributed by atoms with Crippen LogP contribution < -0.4 is 10.6 Å². The molecule has 2 unspecified atom stereocenters. The van der Waals surface area contributed by atoms with Crippen molar-refractivity contribution in [2.75, 3.05) is 24.7 Å². The van der Waals surface area contributed by atoms with E-state index in [1.807, 2.05) is 11.8 Å². The third kappa shape index (κ3) is 2.68. The van der Waals surface area contributed by atoms with Crippen LogP contribution in [0.5, 0.6) is 0 Å². The first-order chi connectivity index (χ1) is 9.58. The summed E-state index contributed by atoms with van der Waals surface area (Å²) in [6, 6.07) is 4.51. The molecule has 1 fully saturated rings. The van der Waals surface area contributed by atoms with Crippen LogP contribution in [0.4, 0.5) is 10.1 Å². The summed E-state index contributed by atoms with van der Waals surface area (Å²) in [5.74, 6) is -0.839. The second-order valence-corrected chi connectivity index (χ2v) is 4.76. The fourth-order valence-electron chi connectivity index (χ4n) is 2.32. The Morgan fingerprint density at radius 3 is 3.00 bits per heavy atom. The normalized spacial score (nSPS) is 23.9. The van der Waals surface area contributed by atoms with Crippen LogP contribution in [0.3, 0.4) is 0 Å². The molecule has 1 aliphatic heterocycles. The molecular weight excluding hydrogens is 265 g/mol. The molecule has 0 amide bonds. The lowest BCUT2D eigenvalue weighted by molar-refractivity contribution is -0.0103. The lowest BCUT2D eigenvalue weighted by atomic mass is 10.1. The summed E-state index contributed by atoms with van der Waals surface area (Å²) >= 11 is 0. The van der Waals surface area contributed by atoms with Gasteiger partial charge >= 0.3 is 0 Å². The summed E-state index contributed by atoms with van der Waals surface area (Å²) in [6.07, 6.45) is -0.338. The number of aliphatic hydroxyl groups is 1. The fourth-order valence-corrected chi connectivity index (χ4v) is 2.32. The van der Waals surface area contributed by atoms with Gasteiger partial charge in [-0.3, -0.25) is 0 Å². The van der Waals surface area contributed by atoms with Gasteiger partial charge in [0.2, 0.25) is 0 Å². The van der Waals surface area contributed by atoms with E-state index >= 15 is 0 Å². The number of nitrogens with two attached hydrogens (primary N) is 1. The lowest BCUT2D eigenvalue weighted by Gasteiger charge is -2.39. The first kappa shape index (κ1) is 14.5. The van der Waals surface area contributed by atoms with Crippen LogP contribution in [0.25, 0.3) is 0 Å². The lowest BCUT2D eigenvalue weighted by Crippen LogP contribution is -2.50. The third-order valence-corrected chi connectivity index (χ3v) is 3.37. The summed E-state index contributed by atoms with van der Waals surface area (Å²) in [5, 5.41) is 20.9. The molecule has 0 radical (unpaired) electrons. The molecule has 0 spiro atoms. The number of ether oxygens (including phenoxy) is 1. The van der Waals surface area contributed by atoms with E-state index in [1.54, 1.807) is 12.1 Å². The average molecular weight is 283 g/mol. The maximum absolute atomic E-state index is 14.0. The van der Waals surface area contributed by atoms with Gasteiger partial charge in [0.1, 0.15) is 5.82 Å². The highest BCUT2D eigenvalue weighted by atomic mass is 19.1. The van der Waals surface area contributed by atoms with E-state index in [4.69, 9.17) is 15.7 Å². The number of anilines is 1. The molecule has 20 heavy (non-hydrogen) atoms. The van der Waals surface area contributed by atoms with Crippen molar-refractivity contribution in [3.05, 3.63) is 29.6 Å². The van der Waals surface area contributed by atoms with Gasteiger partial charge in [-0.2, -0.15) is 0 Å². The Labute approximate surface area is 116 Å². The first-order valence-corrected chi connectivity index (χ1v) is 6.34. The third-order valence-electron chi connectivity index (χ3n) is 3.37. The molecular formula is C13H18FN3O3. The molecule has 4 N–H and O–H groups in total. The zero-order valence-corrected chi connectivity index (χ0v) is 11.2. The molecule has 1 aromatic carbocycles. The maximum Gasteiger partial charge on any atom is 0.175 e. The molecule has 0 bridgehead atoms. The number of hydrogen-bond acceptors (Lipinski definition) is 5. The molecule has 1 saturated heterocycles. The van der Waals surface area contributed by atoms with Gasteiger partial charge in [-0.15, -0.1) is 0 Å². The molecule has 2 rings (SSSR count). The molecule has 1 aromatic rings. The van der Waals surface area contributed by atoms with Crippen LogP contribution >= 0.6 is 0 Å². The SMILES string of the molecule is CC1COC(CO)CN1c1cccc(F)c1/C(N)=N/O. The number of rotatable bonds is 3. The van der Waals surface area contributed by atoms with Crippen molar-refractivity contribution in [2.24, 2.45) is 10.9 Å². The van der Waals surface area contributed by atoms with E-state index in [0.29, 0.717) is 18.8 Å². The Morgan fingerprint density at radius 1 is 1.60 bits per heavy atom. The molecule has 1 aliphatic rings. The highest BCUT2D eigenvalue weighted by Crippen LogP contribution is 2.27. The smallest absolute Gasteiger partial charge is 0.175 e. The van der Waals surface area contributed by atoms with E-state index in [-0.39, 0.29) is 30.2 Å². The van der Waals surface area contributed by atoms with Gasteiger partial charge in [0.05, 0.1) is 30.6 Å². The average Bonchev–Trinajstić information content (AvgIpc) is 2.47. The molecule has 1 heterocycles. The van der Waals surface area contributed by atoms with Crippen molar-refractivity contribution in [3.8, 4) is 0 Å². The van der Waals surface area contributed by atoms with Crippen molar-refractivity contribution < 1.29 is 19.4 Å². The van der Waals surface area contributed by atoms with Gasteiger partial charge in [-0.05, 0) is 19.1 Å². The van der Waals surface area contributed by atoms with Gasteiger partial charge in [0, 0.05) is 12.6 Å². The van der Waals surface area contributed by atoms with Crippen LogP contribution in [0, 0.1) is 5.82 Å². The predicted molar refractivity (Wildman–Crippen MR) is 72.5 cm³/mol. The highest BCUT2D eigenvalue weighted by Gasteiger charge is 2.29. The molecule has 6 nitrogen and oxygen atoms in total. The highest BCUT2D eigenvalue weighted by molar-refractivity contribution is 6.02. The van der Waals surface area contributed by atoms with Crippen LogP contribution in [0.1, 0.15) is 12.5 Å². The zero-order valence-electron chi connectivity index (χ0n) is 11.2. The summed E-state index contributed by atoms with van der Waals surface area (Å²) in [4.78, 5) is 1.89. The second kappa shape index (κ2) is 6.06. The molecule has 0 aliphatic carbocycles. The van der Waals surface area contributed by atoms with E-state index in [0.717, 1.165) is 0 Å². The molecule has 110 valence electrons. The van der Waals surface area contributed by atoms with Crippen molar-refractivity contribution in [1.29, 1.82) is 0 Å². The Hall–Kier alpha value is -1.86. The minimum absolute atomic E-state index is 0.00940. The van der Waals surface area contributed by atoms with Crippen molar-refractivity contribution in [2.45, 2.75) is 19.1 Å². The Kier molecular flexibility index (Phi) is 4.41.